The van der Waals surface area contributed by atoms with Gasteiger partial charge in [-0.25, -0.2) is 0 Å². The Kier molecular flexibility index (Phi) is 10.4. The van der Waals surface area contributed by atoms with Gasteiger partial charge in [-0.3, -0.25) is 9.69 Å². The molecule has 5 nitrogen and oxygen atoms in total. The van der Waals surface area contributed by atoms with E-state index in [9.17, 15) is 4.79 Å². The van der Waals surface area contributed by atoms with Gasteiger partial charge in [0.15, 0.2) is 0 Å². The van der Waals surface area contributed by atoms with Gasteiger partial charge in [-0.1, -0.05) is 30.3 Å². The molecule has 25 heavy (non-hydrogen) atoms. The number of carbonyl (C=O) groups excluding carboxylic acids is 1. The highest BCUT2D eigenvalue weighted by Crippen LogP contribution is 2.13. The molecular weight excluding hydrogens is 361 g/mol. The first-order valence-electron chi connectivity index (χ1n) is 8.67. The van der Waals surface area contributed by atoms with E-state index < -0.39 is 0 Å². The number of nitrogens with one attached hydrogen (secondary N) is 2. The first-order valence-corrected chi connectivity index (χ1v) is 8.67. The number of benzene rings is 1. The minimum absolute atomic E-state index is 0. The van der Waals surface area contributed by atoms with E-state index in [1.165, 1.54) is 5.56 Å². The predicted molar refractivity (Wildman–Crippen MR) is 105 cm³/mol. The molecule has 0 aliphatic carbocycles. The predicted octanol–water partition coefficient (Wildman–Crippen LogP) is 1.99. The molecule has 0 spiro atoms. The quantitative estimate of drug-likeness (QED) is 0.808. The minimum atomic E-state index is 0. The molecule has 2 atom stereocenters. The molecule has 2 aliphatic rings. The molecule has 3 rings (SSSR count). The molecular formula is C18H29Cl2N3O2. The van der Waals surface area contributed by atoms with Gasteiger partial charge in [0.05, 0.1) is 19.1 Å². The van der Waals surface area contributed by atoms with Crippen molar-refractivity contribution in [3.8, 4) is 0 Å². The SMILES string of the molecule is Cl.Cl.O=C(CC1CN(Cc2ccccc2)CCO1)NC1CCCNC1. The van der Waals surface area contributed by atoms with Gasteiger partial charge in [0, 0.05) is 32.2 Å². The van der Waals surface area contributed by atoms with Crippen LogP contribution in [0.25, 0.3) is 0 Å². The Labute approximate surface area is 162 Å². The van der Waals surface area contributed by atoms with E-state index >= 15 is 0 Å². The number of hydrogen-bond acceptors (Lipinski definition) is 4. The summed E-state index contributed by atoms with van der Waals surface area (Å²) in [5, 5.41) is 6.45. The second-order valence-corrected chi connectivity index (χ2v) is 6.53. The Bertz CT molecular complexity index is 498. The summed E-state index contributed by atoms with van der Waals surface area (Å²) in [5.74, 6) is 0.116. The Hall–Kier alpha value is -0.850. The molecule has 0 radical (unpaired) electrons. The summed E-state index contributed by atoms with van der Waals surface area (Å²) in [6.07, 6.45) is 2.67. The molecule has 7 heteroatoms. The van der Waals surface area contributed by atoms with Crippen LogP contribution in [0.2, 0.25) is 0 Å². The molecule has 1 aromatic carbocycles. The first-order chi connectivity index (χ1) is 11.3. The lowest BCUT2D eigenvalue weighted by atomic mass is 10.1. The third-order valence-corrected chi connectivity index (χ3v) is 4.55. The molecule has 142 valence electrons. The van der Waals surface area contributed by atoms with Crippen LogP contribution in [0.1, 0.15) is 24.8 Å². The van der Waals surface area contributed by atoms with Crippen molar-refractivity contribution in [1.29, 1.82) is 0 Å². The van der Waals surface area contributed by atoms with E-state index in [1.807, 2.05) is 6.07 Å². The average Bonchev–Trinajstić information content (AvgIpc) is 2.57. The summed E-state index contributed by atoms with van der Waals surface area (Å²) in [6.45, 7) is 5.33. The van der Waals surface area contributed by atoms with Crippen LogP contribution in [0.4, 0.5) is 0 Å². The molecule has 2 N–H and O–H groups in total. The Morgan fingerprint density at radius 1 is 1.28 bits per heavy atom. The minimum Gasteiger partial charge on any atom is -0.375 e. The summed E-state index contributed by atoms with van der Waals surface area (Å²) >= 11 is 0. The highest BCUT2D eigenvalue weighted by atomic mass is 35.5. The van der Waals surface area contributed by atoms with Crippen LogP contribution in [-0.2, 0) is 16.1 Å². The molecule has 1 amide bonds. The molecule has 0 aromatic heterocycles. The standard InChI is InChI=1S/C18H27N3O2.2ClH/c22-18(20-16-7-4-8-19-12-16)11-17-14-21(9-10-23-17)13-15-5-2-1-3-6-15;;/h1-3,5-6,16-17,19H,4,7-14H2,(H,20,22);2*1H. The van der Waals surface area contributed by atoms with Crippen molar-refractivity contribution in [3.05, 3.63) is 35.9 Å². The third-order valence-electron chi connectivity index (χ3n) is 4.55. The van der Waals surface area contributed by atoms with Gasteiger partial charge < -0.3 is 15.4 Å². The topological polar surface area (TPSA) is 53.6 Å². The maximum Gasteiger partial charge on any atom is 0.222 e. The number of rotatable bonds is 5. The molecule has 0 saturated carbocycles. The van der Waals surface area contributed by atoms with Gasteiger partial charge in [-0.2, -0.15) is 0 Å². The first kappa shape index (κ1) is 22.2. The van der Waals surface area contributed by atoms with Crippen molar-refractivity contribution >= 4 is 30.7 Å². The van der Waals surface area contributed by atoms with Gasteiger partial charge in [0.1, 0.15) is 0 Å². The lowest BCUT2D eigenvalue weighted by molar-refractivity contribution is -0.127. The zero-order chi connectivity index (χ0) is 15.9. The van der Waals surface area contributed by atoms with Gasteiger partial charge in [0.2, 0.25) is 5.91 Å². The van der Waals surface area contributed by atoms with Gasteiger partial charge in [-0.05, 0) is 24.9 Å². The van der Waals surface area contributed by atoms with Crippen LogP contribution < -0.4 is 10.6 Å². The van der Waals surface area contributed by atoms with Crippen molar-refractivity contribution in [3.63, 3.8) is 0 Å². The van der Waals surface area contributed by atoms with Gasteiger partial charge in [-0.15, -0.1) is 24.8 Å². The Morgan fingerprint density at radius 3 is 2.80 bits per heavy atom. The fourth-order valence-electron chi connectivity index (χ4n) is 3.36. The lowest BCUT2D eigenvalue weighted by Gasteiger charge is -2.33. The van der Waals surface area contributed by atoms with Crippen molar-refractivity contribution < 1.29 is 9.53 Å². The smallest absolute Gasteiger partial charge is 0.222 e. The summed E-state index contributed by atoms with van der Waals surface area (Å²) in [5.41, 5.74) is 1.31. The maximum absolute atomic E-state index is 12.2. The normalized spacial score (nSPS) is 23.8. The number of carbonyl (C=O) groups is 1. The van der Waals surface area contributed by atoms with Crippen molar-refractivity contribution in [2.24, 2.45) is 0 Å². The fourth-order valence-corrected chi connectivity index (χ4v) is 3.36. The number of amides is 1. The molecule has 2 aliphatic heterocycles. The number of halogens is 2. The monoisotopic (exact) mass is 389 g/mol. The number of piperidine rings is 1. The van der Waals surface area contributed by atoms with Gasteiger partial charge >= 0.3 is 0 Å². The highest BCUT2D eigenvalue weighted by Gasteiger charge is 2.24. The fraction of sp³-hybridized carbons (Fsp3) is 0.611. The summed E-state index contributed by atoms with van der Waals surface area (Å²) in [4.78, 5) is 14.6. The van der Waals surface area contributed by atoms with Crippen LogP contribution in [0.15, 0.2) is 30.3 Å². The summed E-state index contributed by atoms with van der Waals surface area (Å²) in [7, 11) is 0. The van der Waals surface area contributed by atoms with Crippen LogP contribution in [0.5, 0.6) is 0 Å². The molecule has 2 unspecified atom stereocenters. The Balaban J connectivity index is 0.00000156. The van der Waals surface area contributed by atoms with Crippen LogP contribution in [0, 0.1) is 0 Å². The zero-order valence-electron chi connectivity index (χ0n) is 14.5. The summed E-state index contributed by atoms with van der Waals surface area (Å²) in [6, 6.07) is 10.7. The average molecular weight is 390 g/mol. The molecule has 2 heterocycles. The largest absolute Gasteiger partial charge is 0.375 e. The van der Waals surface area contributed by atoms with E-state index in [0.29, 0.717) is 13.0 Å². The van der Waals surface area contributed by atoms with Gasteiger partial charge in [0.25, 0.3) is 0 Å². The second kappa shape index (κ2) is 11.7. The number of hydrogen-bond donors (Lipinski definition) is 2. The molecule has 0 bridgehead atoms. The molecule has 2 saturated heterocycles. The van der Waals surface area contributed by atoms with Crippen LogP contribution >= 0.6 is 24.8 Å². The summed E-state index contributed by atoms with van der Waals surface area (Å²) < 4.78 is 5.79. The maximum atomic E-state index is 12.2. The van der Waals surface area contributed by atoms with E-state index in [4.69, 9.17) is 4.74 Å². The third kappa shape index (κ3) is 7.50. The van der Waals surface area contributed by atoms with E-state index in [2.05, 4.69) is 39.8 Å². The van der Waals surface area contributed by atoms with Crippen molar-refractivity contribution in [2.75, 3.05) is 32.8 Å². The molecule has 2 fully saturated rings. The van der Waals surface area contributed by atoms with E-state index in [1.54, 1.807) is 0 Å². The van der Waals surface area contributed by atoms with Crippen molar-refractivity contribution in [1.82, 2.24) is 15.5 Å². The second-order valence-electron chi connectivity index (χ2n) is 6.53. The number of morpholine rings is 1. The van der Waals surface area contributed by atoms with E-state index in [0.717, 1.165) is 45.6 Å². The number of nitrogens with zero attached hydrogens (tertiary/aromatic N) is 1. The lowest BCUT2D eigenvalue weighted by Crippen LogP contribution is -2.48. The molecule has 1 aromatic rings. The van der Waals surface area contributed by atoms with Crippen LogP contribution in [-0.4, -0.2) is 55.7 Å². The Morgan fingerprint density at radius 2 is 2.08 bits per heavy atom. The van der Waals surface area contributed by atoms with Crippen LogP contribution in [0.3, 0.4) is 0 Å². The van der Waals surface area contributed by atoms with Crippen molar-refractivity contribution in [2.45, 2.75) is 38.0 Å². The zero-order valence-corrected chi connectivity index (χ0v) is 16.1. The highest BCUT2D eigenvalue weighted by molar-refractivity contribution is 5.85. The number of ether oxygens (including phenoxy) is 1. The van der Waals surface area contributed by atoms with E-state index in [-0.39, 0.29) is 42.9 Å².